The molecule has 0 aliphatic rings. The molecule has 0 fully saturated rings. The van der Waals surface area contributed by atoms with Crippen LogP contribution < -0.4 is 20.4 Å². The Morgan fingerprint density at radius 1 is 0.929 bits per heavy atom. The van der Waals surface area contributed by atoms with Crippen LogP contribution in [0.15, 0.2) is 69.9 Å². The smallest absolute Gasteiger partial charge is 0.349 e. The second kappa shape index (κ2) is 7.08. The number of nitrogens with one attached hydrogen (secondary N) is 1. The van der Waals surface area contributed by atoms with E-state index in [-0.39, 0.29) is 5.56 Å². The molecule has 0 radical (unpaired) electrons. The summed E-state index contributed by atoms with van der Waals surface area (Å²) >= 11 is 0. The lowest BCUT2D eigenvalue weighted by Crippen LogP contribution is -2.21. The first-order chi connectivity index (χ1) is 13.6. The first-order valence-electron chi connectivity index (χ1n) is 8.59. The molecule has 1 heterocycles. The molecule has 4 aromatic rings. The highest BCUT2D eigenvalue weighted by molar-refractivity contribution is 6.10. The van der Waals surface area contributed by atoms with Crippen LogP contribution in [0.1, 0.15) is 10.4 Å². The predicted octanol–water partition coefficient (Wildman–Crippen LogP) is 4.22. The van der Waals surface area contributed by atoms with Gasteiger partial charge in [-0.15, -0.1) is 0 Å². The molecule has 0 aliphatic heterocycles. The minimum atomic E-state index is -0.706. The van der Waals surface area contributed by atoms with Crippen LogP contribution in [-0.2, 0) is 0 Å². The SMILES string of the molecule is COc1ccc(OC)c(NC(=O)c2cc3c(ccc4ccccc43)oc2=O)c1. The van der Waals surface area contributed by atoms with Crippen molar-refractivity contribution in [1.29, 1.82) is 0 Å². The summed E-state index contributed by atoms with van der Waals surface area (Å²) in [6.45, 7) is 0. The third kappa shape index (κ3) is 3.05. The number of carbonyl (C=O) groups is 1. The summed E-state index contributed by atoms with van der Waals surface area (Å²) in [4.78, 5) is 25.2. The molecule has 1 amide bonds. The van der Waals surface area contributed by atoms with Crippen molar-refractivity contribution in [2.75, 3.05) is 19.5 Å². The highest BCUT2D eigenvalue weighted by Gasteiger charge is 2.17. The quantitative estimate of drug-likeness (QED) is 0.427. The molecular weight excluding hydrogens is 358 g/mol. The predicted molar refractivity (Wildman–Crippen MR) is 107 cm³/mol. The van der Waals surface area contributed by atoms with E-state index in [0.717, 1.165) is 10.8 Å². The third-order valence-electron chi connectivity index (χ3n) is 4.54. The Kier molecular flexibility index (Phi) is 4.45. The van der Waals surface area contributed by atoms with E-state index in [1.807, 2.05) is 30.3 Å². The highest BCUT2D eigenvalue weighted by Crippen LogP contribution is 2.30. The van der Waals surface area contributed by atoms with Gasteiger partial charge in [-0.05, 0) is 35.0 Å². The minimum absolute atomic E-state index is 0.0891. The molecule has 3 aromatic carbocycles. The Bertz CT molecular complexity index is 1260. The van der Waals surface area contributed by atoms with Crippen molar-refractivity contribution in [3.8, 4) is 11.5 Å². The monoisotopic (exact) mass is 375 g/mol. The average molecular weight is 375 g/mol. The molecule has 1 N–H and O–H groups in total. The van der Waals surface area contributed by atoms with Crippen LogP contribution in [0.25, 0.3) is 21.7 Å². The van der Waals surface area contributed by atoms with Gasteiger partial charge in [-0.25, -0.2) is 4.79 Å². The molecular formula is C22H17NO5. The first kappa shape index (κ1) is 17.6. The molecule has 140 valence electrons. The molecule has 0 atom stereocenters. The van der Waals surface area contributed by atoms with Crippen molar-refractivity contribution in [2.45, 2.75) is 0 Å². The molecule has 1 aromatic heterocycles. The zero-order chi connectivity index (χ0) is 19.7. The van der Waals surface area contributed by atoms with Gasteiger partial charge in [-0.1, -0.05) is 30.3 Å². The number of anilines is 1. The standard InChI is InChI=1S/C22H17NO5/c1-26-14-8-10-20(27-2)18(11-14)23-21(24)17-12-16-15-6-4-3-5-13(15)7-9-19(16)28-22(17)25/h3-12H,1-2H3,(H,23,24). The number of fused-ring (bicyclic) bond motifs is 3. The molecule has 0 saturated heterocycles. The third-order valence-corrected chi connectivity index (χ3v) is 4.54. The molecule has 6 heteroatoms. The normalized spacial score (nSPS) is 10.8. The summed E-state index contributed by atoms with van der Waals surface area (Å²) in [5, 5.41) is 5.29. The van der Waals surface area contributed by atoms with Crippen molar-refractivity contribution in [1.82, 2.24) is 0 Å². The lowest BCUT2D eigenvalue weighted by atomic mass is 10.0. The van der Waals surface area contributed by atoms with Crippen molar-refractivity contribution < 1.29 is 18.7 Å². The van der Waals surface area contributed by atoms with E-state index < -0.39 is 11.5 Å². The van der Waals surface area contributed by atoms with Gasteiger partial charge in [0, 0.05) is 11.5 Å². The summed E-state index contributed by atoms with van der Waals surface area (Å²) in [7, 11) is 3.02. The van der Waals surface area contributed by atoms with Crippen molar-refractivity contribution >= 4 is 33.3 Å². The number of amides is 1. The summed E-state index contributed by atoms with van der Waals surface area (Å²) in [5.74, 6) is 0.410. The Hall–Kier alpha value is -3.80. The average Bonchev–Trinajstić information content (AvgIpc) is 2.72. The molecule has 0 bridgehead atoms. The second-order valence-electron chi connectivity index (χ2n) is 6.17. The van der Waals surface area contributed by atoms with Gasteiger partial charge in [-0.3, -0.25) is 4.79 Å². The maximum atomic E-state index is 12.8. The van der Waals surface area contributed by atoms with Gasteiger partial charge in [-0.2, -0.15) is 0 Å². The maximum absolute atomic E-state index is 12.8. The summed E-state index contributed by atoms with van der Waals surface area (Å²) in [6, 6.07) is 17.9. The van der Waals surface area contributed by atoms with E-state index in [0.29, 0.717) is 28.2 Å². The number of ether oxygens (including phenoxy) is 2. The fourth-order valence-electron chi connectivity index (χ4n) is 3.13. The van der Waals surface area contributed by atoms with Crippen LogP contribution in [0.4, 0.5) is 5.69 Å². The Balaban J connectivity index is 1.80. The number of methoxy groups -OCH3 is 2. The Labute approximate surface area is 160 Å². The summed E-state index contributed by atoms with van der Waals surface area (Å²) in [5.41, 5.74) is 0.0272. The van der Waals surface area contributed by atoms with Crippen molar-refractivity contribution in [3.63, 3.8) is 0 Å². The summed E-state index contributed by atoms with van der Waals surface area (Å²) in [6.07, 6.45) is 0. The van der Waals surface area contributed by atoms with Gasteiger partial charge in [0.1, 0.15) is 22.6 Å². The zero-order valence-electron chi connectivity index (χ0n) is 15.3. The van der Waals surface area contributed by atoms with Gasteiger partial charge in [0.15, 0.2) is 0 Å². The fraction of sp³-hybridized carbons (Fsp3) is 0.0909. The van der Waals surface area contributed by atoms with E-state index in [9.17, 15) is 9.59 Å². The van der Waals surface area contributed by atoms with E-state index in [1.54, 1.807) is 30.3 Å². The van der Waals surface area contributed by atoms with Crippen LogP contribution in [0, 0.1) is 0 Å². The van der Waals surface area contributed by atoms with Crippen LogP contribution in [0.3, 0.4) is 0 Å². The highest BCUT2D eigenvalue weighted by atomic mass is 16.5. The first-order valence-corrected chi connectivity index (χ1v) is 8.59. The van der Waals surface area contributed by atoms with Crippen molar-refractivity contribution in [2.24, 2.45) is 0 Å². The lowest BCUT2D eigenvalue weighted by molar-refractivity contribution is 0.102. The number of hydrogen-bond donors (Lipinski definition) is 1. The Morgan fingerprint density at radius 2 is 1.75 bits per heavy atom. The van der Waals surface area contributed by atoms with Crippen LogP contribution in [0.2, 0.25) is 0 Å². The molecule has 0 unspecified atom stereocenters. The van der Waals surface area contributed by atoms with E-state index in [2.05, 4.69) is 5.32 Å². The maximum Gasteiger partial charge on any atom is 0.349 e. The Morgan fingerprint density at radius 3 is 2.54 bits per heavy atom. The topological polar surface area (TPSA) is 77.8 Å². The largest absolute Gasteiger partial charge is 0.497 e. The molecule has 28 heavy (non-hydrogen) atoms. The van der Waals surface area contributed by atoms with Gasteiger partial charge < -0.3 is 19.2 Å². The number of rotatable bonds is 4. The zero-order valence-corrected chi connectivity index (χ0v) is 15.3. The van der Waals surface area contributed by atoms with Crippen LogP contribution in [0.5, 0.6) is 11.5 Å². The van der Waals surface area contributed by atoms with Gasteiger partial charge in [0.05, 0.1) is 19.9 Å². The molecule has 0 saturated carbocycles. The van der Waals surface area contributed by atoms with Gasteiger partial charge >= 0.3 is 5.63 Å². The number of benzene rings is 3. The molecule has 0 spiro atoms. The minimum Gasteiger partial charge on any atom is -0.497 e. The molecule has 4 rings (SSSR count). The van der Waals surface area contributed by atoms with Gasteiger partial charge in [0.25, 0.3) is 5.91 Å². The molecule has 0 aliphatic carbocycles. The molecule has 6 nitrogen and oxygen atoms in total. The fourth-order valence-corrected chi connectivity index (χ4v) is 3.13. The van der Waals surface area contributed by atoms with E-state index >= 15 is 0 Å². The second-order valence-corrected chi connectivity index (χ2v) is 6.17. The lowest BCUT2D eigenvalue weighted by Gasteiger charge is -2.12. The van der Waals surface area contributed by atoms with E-state index in [1.165, 1.54) is 14.2 Å². The number of hydrogen-bond acceptors (Lipinski definition) is 5. The van der Waals surface area contributed by atoms with Crippen molar-refractivity contribution in [3.05, 3.63) is 76.6 Å². The summed E-state index contributed by atoms with van der Waals surface area (Å²) < 4.78 is 15.8. The van der Waals surface area contributed by atoms with E-state index in [4.69, 9.17) is 13.9 Å². The van der Waals surface area contributed by atoms with Crippen LogP contribution >= 0.6 is 0 Å². The number of carbonyl (C=O) groups excluding carboxylic acids is 1. The van der Waals surface area contributed by atoms with Crippen LogP contribution in [-0.4, -0.2) is 20.1 Å². The van der Waals surface area contributed by atoms with Gasteiger partial charge in [0.2, 0.25) is 0 Å².